The van der Waals surface area contributed by atoms with Crippen molar-refractivity contribution in [3.63, 3.8) is 0 Å². The first kappa shape index (κ1) is 18.7. The highest BCUT2D eigenvalue weighted by Crippen LogP contribution is 2.30. The maximum atomic E-state index is 12.7. The molecule has 0 unspecified atom stereocenters. The van der Waals surface area contributed by atoms with Crippen molar-refractivity contribution in [2.75, 3.05) is 18.4 Å². The molecule has 1 N–H and O–H groups in total. The van der Waals surface area contributed by atoms with Crippen LogP contribution in [0.1, 0.15) is 30.0 Å². The van der Waals surface area contributed by atoms with Crippen LogP contribution >= 0.6 is 0 Å². The molecule has 146 valence electrons. The van der Waals surface area contributed by atoms with Gasteiger partial charge in [-0.3, -0.25) is 14.8 Å². The van der Waals surface area contributed by atoms with Crippen LogP contribution in [0.5, 0.6) is 0 Å². The monoisotopic (exact) mass is 387 g/mol. The zero-order valence-electron chi connectivity index (χ0n) is 15.8. The molecule has 1 aliphatic rings. The van der Waals surface area contributed by atoms with Crippen molar-refractivity contribution in [3.05, 3.63) is 72.7 Å². The van der Waals surface area contributed by atoms with E-state index in [1.807, 2.05) is 17.0 Å². The standard InChI is InChI=1S/C21H21N7O/c29-18(7-6-16-4-1-8-22-14-16)28-13-2-5-17(15-28)19-20(24-12-11-23-19)27-21-25-9-3-10-26-21/h1,3-4,6-12,14,17H,2,5,13,15H2,(H,24,25,26,27)/b7-6+/t17-/m0/s1. The second-order valence-corrected chi connectivity index (χ2v) is 6.73. The van der Waals surface area contributed by atoms with Gasteiger partial charge < -0.3 is 10.2 Å². The summed E-state index contributed by atoms with van der Waals surface area (Å²) in [6, 6.07) is 5.52. The zero-order chi connectivity index (χ0) is 19.9. The van der Waals surface area contributed by atoms with E-state index in [0.717, 1.165) is 30.6 Å². The lowest BCUT2D eigenvalue weighted by molar-refractivity contribution is -0.127. The molecule has 3 aromatic rings. The second kappa shape index (κ2) is 9.01. The predicted molar refractivity (Wildman–Crippen MR) is 109 cm³/mol. The number of pyridine rings is 1. The first-order valence-corrected chi connectivity index (χ1v) is 9.51. The molecular weight excluding hydrogens is 366 g/mol. The third-order valence-corrected chi connectivity index (χ3v) is 4.75. The second-order valence-electron chi connectivity index (χ2n) is 6.73. The van der Waals surface area contributed by atoms with Crippen LogP contribution in [-0.4, -0.2) is 48.8 Å². The lowest BCUT2D eigenvalue weighted by Gasteiger charge is -2.32. The number of anilines is 2. The van der Waals surface area contributed by atoms with Gasteiger partial charge in [0.05, 0.1) is 5.69 Å². The molecule has 0 spiro atoms. The maximum Gasteiger partial charge on any atom is 0.246 e. The van der Waals surface area contributed by atoms with E-state index >= 15 is 0 Å². The molecule has 0 saturated carbocycles. The Balaban J connectivity index is 1.47. The smallest absolute Gasteiger partial charge is 0.246 e. The number of carbonyl (C=O) groups is 1. The number of likely N-dealkylation sites (tertiary alicyclic amines) is 1. The fourth-order valence-corrected chi connectivity index (χ4v) is 3.36. The minimum Gasteiger partial charge on any atom is -0.338 e. The van der Waals surface area contributed by atoms with E-state index in [1.165, 1.54) is 0 Å². The van der Waals surface area contributed by atoms with Crippen molar-refractivity contribution < 1.29 is 4.79 Å². The summed E-state index contributed by atoms with van der Waals surface area (Å²) in [7, 11) is 0. The summed E-state index contributed by atoms with van der Waals surface area (Å²) in [4.78, 5) is 35.9. The van der Waals surface area contributed by atoms with Gasteiger partial charge in [0.15, 0.2) is 5.82 Å². The molecule has 1 amide bonds. The molecule has 1 saturated heterocycles. The van der Waals surface area contributed by atoms with E-state index in [-0.39, 0.29) is 11.8 Å². The minimum absolute atomic E-state index is 0.0108. The number of hydrogen-bond acceptors (Lipinski definition) is 7. The van der Waals surface area contributed by atoms with Gasteiger partial charge in [-0.1, -0.05) is 6.07 Å². The molecule has 8 nitrogen and oxygen atoms in total. The summed E-state index contributed by atoms with van der Waals surface area (Å²) < 4.78 is 0. The zero-order valence-corrected chi connectivity index (χ0v) is 15.8. The number of aromatic nitrogens is 5. The summed E-state index contributed by atoms with van der Waals surface area (Å²) in [5.74, 6) is 1.18. The van der Waals surface area contributed by atoms with Crippen LogP contribution in [0.25, 0.3) is 6.08 Å². The minimum atomic E-state index is -0.0108. The quantitative estimate of drug-likeness (QED) is 0.672. The van der Waals surface area contributed by atoms with E-state index in [9.17, 15) is 4.79 Å². The van der Waals surface area contributed by atoms with Crippen LogP contribution in [0.4, 0.5) is 11.8 Å². The van der Waals surface area contributed by atoms with Gasteiger partial charge >= 0.3 is 0 Å². The number of piperidine rings is 1. The number of carbonyl (C=O) groups excluding carboxylic acids is 1. The van der Waals surface area contributed by atoms with Crippen LogP contribution in [0.3, 0.4) is 0 Å². The van der Waals surface area contributed by atoms with E-state index in [4.69, 9.17) is 0 Å². The highest BCUT2D eigenvalue weighted by atomic mass is 16.2. The molecule has 0 aliphatic carbocycles. The molecule has 8 heteroatoms. The highest BCUT2D eigenvalue weighted by Gasteiger charge is 2.27. The van der Waals surface area contributed by atoms with Crippen LogP contribution < -0.4 is 5.32 Å². The van der Waals surface area contributed by atoms with Gasteiger partial charge in [-0.2, -0.15) is 0 Å². The van der Waals surface area contributed by atoms with E-state index in [1.54, 1.807) is 55.4 Å². The number of amides is 1. The van der Waals surface area contributed by atoms with Crippen LogP contribution in [0, 0.1) is 0 Å². The van der Waals surface area contributed by atoms with Crippen molar-refractivity contribution in [2.45, 2.75) is 18.8 Å². The van der Waals surface area contributed by atoms with Gasteiger partial charge in [0.1, 0.15) is 0 Å². The van der Waals surface area contributed by atoms with Crippen molar-refractivity contribution in [1.82, 2.24) is 29.8 Å². The van der Waals surface area contributed by atoms with Gasteiger partial charge in [0.2, 0.25) is 11.9 Å². The normalized spacial score (nSPS) is 16.7. The van der Waals surface area contributed by atoms with Crippen LogP contribution in [0.15, 0.2) is 61.5 Å². The lowest BCUT2D eigenvalue weighted by atomic mass is 9.94. The third kappa shape index (κ3) is 4.78. The van der Waals surface area contributed by atoms with Gasteiger partial charge in [0.25, 0.3) is 0 Å². The first-order chi connectivity index (χ1) is 14.3. The van der Waals surface area contributed by atoms with Gasteiger partial charge in [-0.05, 0) is 36.6 Å². The molecular formula is C21H21N7O. The van der Waals surface area contributed by atoms with Crippen molar-refractivity contribution in [2.24, 2.45) is 0 Å². The molecule has 3 aromatic heterocycles. The molecule has 4 heterocycles. The van der Waals surface area contributed by atoms with Gasteiger partial charge in [0, 0.05) is 62.3 Å². The number of nitrogens with one attached hydrogen (secondary N) is 1. The summed E-state index contributed by atoms with van der Waals surface area (Å²) in [5.41, 5.74) is 1.73. The molecule has 0 radical (unpaired) electrons. The Bertz CT molecular complexity index is 979. The molecule has 29 heavy (non-hydrogen) atoms. The Labute approximate surface area is 168 Å². The number of hydrogen-bond donors (Lipinski definition) is 1. The largest absolute Gasteiger partial charge is 0.338 e. The van der Waals surface area contributed by atoms with Crippen LogP contribution in [-0.2, 0) is 4.79 Å². The SMILES string of the molecule is O=C(/C=C/c1cccnc1)N1CCC[C@H](c2nccnc2Nc2ncccn2)C1. The Morgan fingerprint density at radius 2 is 1.93 bits per heavy atom. The number of nitrogens with zero attached hydrogens (tertiary/aromatic N) is 6. The Kier molecular flexibility index (Phi) is 5.80. The fourth-order valence-electron chi connectivity index (χ4n) is 3.36. The maximum absolute atomic E-state index is 12.7. The Morgan fingerprint density at radius 3 is 2.76 bits per heavy atom. The lowest BCUT2D eigenvalue weighted by Crippen LogP contribution is -2.38. The predicted octanol–water partition coefficient (Wildman–Crippen LogP) is 2.82. The van der Waals surface area contributed by atoms with Gasteiger partial charge in [-0.25, -0.2) is 15.0 Å². The fraction of sp³-hybridized carbons (Fsp3) is 0.238. The first-order valence-electron chi connectivity index (χ1n) is 9.51. The highest BCUT2D eigenvalue weighted by molar-refractivity contribution is 5.91. The average Bonchev–Trinajstić information content (AvgIpc) is 2.79. The molecule has 0 bridgehead atoms. The average molecular weight is 387 g/mol. The Morgan fingerprint density at radius 1 is 1.07 bits per heavy atom. The van der Waals surface area contributed by atoms with Crippen LogP contribution in [0.2, 0.25) is 0 Å². The third-order valence-electron chi connectivity index (χ3n) is 4.75. The van der Waals surface area contributed by atoms with Gasteiger partial charge in [-0.15, -0.1) is 0 Å². The molecule has 4 rings (SSSR count). The molecule has 1 aliphatic heterocycles. The van der Waals surface area contributed by atoms with Crippen molar-refractivity contribution >= 4 is 23.7 Å². The summed E-state index contributed by atoms with van der Waals surface area (Å²) in [5, 5.41) is 3.14. The molecule has 1 atom stereocenters. The summed E-state index contributed by atoms with van der Waals surface area (Å²) in [6.45, 7) is 1.33. The topological polar surface area (TPSA) is 96.8 Å². The summed E-state index contributed by atoms with van der Waals surface area (Å²) >= 11 is 0. The van der Waals surface area contributed by atoms with Crippen molar-refractivity contribution in [1.29, 1.82) is 0 Å². The van der Waals surface area contributed by atoms with E-state index in [0.29, 0.717) is 18.3 Å². The van der Waals surface area contributed by atoms with E-state index in [2.05, 4.69) is 30.2 Å². The summed E-state index contributed by atoms with van der Waals surface area (Å²) in [6.07, 6.45) is 15.3. The van der Waals surface area contributed by atoms with E-state index < -0.39 is 0 Å². The van der Waals surface area contributed by atoms with Crippen molar-refractivity contribution in [3.8, 4) is 0 Å². The molecule has 1 fully saturated rings. The molecule has 0 aromatic carbocycles. The number of rotatable bonds is 5. The Hall–Kier alpha value is -3.68.